The summed E-state index contributed by atoms with van der Waals surface area (Å²) in [5, 5.41) is 2.77. The van der Waals surface area contributed by atoms with Crippen LogP contribution in [-0.2, 0) is 9.59 Å². The van der Waals surface area contributed by atoms with Gasteiger partial charge in [0.2, 0.25) is 11.8 Å². The number of piperazine rings is 1. The number of rotatable bonds is 2. The fraction of sp³-hybridized carbons (Fsp3) is 0.818. The van der Waals surface area contributed by atoms with Crippen molar-refractivity contribution >= 4 is 11.8 Å². The van der Waals surface area contributed by atoms with Crippen LogP contribution in [0.15, 0.2) is 0 Å². The predicted octanol–water partition coefficient (Wildman–Crippen LogP) is 0.768. The zero-order valence-electron chi connectivity index (χ0n) is 10.1. The van der Waals surface area contributed by atoms with E-state index < -0.39 is 5.54 Å². The van der Waals surface area contributed by atoms with Crippen molar-refractivity contribution in [2.45, 2.75) is 46.2 Å². The van der Waals surface area contributed by atoms with Crippen LogP contribution in [0.1, 0.15) is 34.6 Å². The van der Waals surface area contributed by atoms with E-state index in [9.17, 15) is 9.59 Å². The average molecular weight is 212 g/mol. The summed E-state index contributed by atoms with van der Waals surface area (Å²) in [6.45, 7) is 9.89. The van der Waals surface area contributed by atoms with Crippen LogP contribution >= 0.6 is 0 Å². The maximum atomic E-state index is 12.0. The molecule has 0 aromatic heterocycles. The fourth-order valence-corrected chi connectivity index (χ4v) is 2.07. The second-order valence-corrected chi connectivity index (χ2v) is 4.89. The number of carbonyl (C=O) groups is 2. The molecule has 0 spiro atoms. The van der Waals surface area contributed by atoms with Crippen molar-refractivity contribution in [2.75, 3.05) is 6.54 Å². The van der Waals surface area contributed by atoms with Gasteiger partial charge in [-0.2, -0.15) is 0 Å². The maximum Gasteiger partial charge on any atom is 0.248 e. The van der Waals surface area contributed by atoms with Crippen molar-refractivity contribution in [2.24, 2.45) is 5.92 Å². The summed E-state index contributed by atoms with van der Waals surface area (Å²) in [5.41, 5.74) is -0.765. The fourth-order valence-electron chi connectivity index (χ4n) is 2.07. The van der Waals surface area contributed by atoms with Crippen molar-refractivity contribution < 1.29 is 9.59 Å². The van der Waals surface area contributed by atoms with Gasteiger partial charge in [0.25, 0.3) is 0 Å². The van der Waals surface area contributed by atoms with Gasteiger partial charge >= 0.3 is 0 Å². The molecule has 1 aliphatic heterocycles. The summed E-state index contributed by atoms with van der Waals surface area (Å²) < 4.78 is 0. The minimum absolute atomic E-state index is 0.00306. The van der Waals surface area contributed by atoms with E-state index in [1.807, 2.05) is 20.8 Å². The molecule has 1 rings (SSSR count). The van der Waals surface area contributed by atoms with E-state index in [4.69, 9.17) is 0 Å². The van der Waals surface area contributed by atoms with E-state index in [0.717, 1.165) is 0 Å². The van der Waals surface area contributed by atoms with Gasteiger partial charge < -0.3 is 10.2 Å². The Kier molecular flexibility index (Phi) is 3.07. The Labute approximate surface area is 91.0 Å². The Morgan fingerprint density at radius 1 is 1.40 bits per heavy atom. The summed E-state index contributed by atoms with van der Waals surface area (Å²) in [7, 11) is 0. The highest BCUT2D eigenvalue weighted by Gasteiger charge is 2.45. The molecule has 4 nitrogen and oxygen atoms in total. The molecule has 0 aromatic carbocycles. The molecular formula is C11H20N2O2. The first kappa shape index (κ1) is 12.0. The summed E-state index contributed by atoms with van der Waals surface area (Å²) in [6, 6.07) is -0.324. The zero-order chi connectivity index (χ0) is 11.8. The van der Waals surface area contributed by atoms with Crippen molar-refractivity contribution in [3.63, 3.8) is 0 Å². The van der Waals surface area contributed by atoms with Crippen LogP contribution in [0.5, 0.6) is 0 Å². The molecule has 0 bridgehead atoms. The largest absolute Gasteiger partial charge is 0.340 e. The van der Waals surface area contributed by atoms with Gasteiger partial charge in [-0.1, -0.05) is 13.8 Å². The highest BCUT2D eigenvalue weighted by molar-refractivity contribution is 5.99. The predicted molar refractivity (Wildman–Crippen MR) is 58.2 cm³/mol. The third-order valence-electron chi connectivity index (χ3n) is 2.81. The molecule has 1 fully saturated rings. The summed E-state index contributed by atoms with van der Waals surface area (Å²) >= 11 is 0. The molecule has 0 saturated carbocycles. The van der Waals surface area contributed by atoms with E-state index in [2.05, 4.69) is 5.32 Å². The molecule has 1 saturated heterocycles. The topological polar surface area (TPSA) is 49.4 Å². The highest BCUT2D eigenvalue weighted by Crippen LogP contribution is 2.22. The SMILES string of the molecule is CCN1C(=O)C(C)(C)NC(=O)C1C(C)C. The van der Waals surface area contributed by atoms with Crippen LogP contribution in [-0.4, -0.2) is 34.8 Å². The van der Waals surface area contributed by atoms with Crippen molar-refractivity contribution in [1.29, 1.82) is 0 Å². The van der Waals surface area contributed by atoms with Crippen LogP contribution in [0.25, 0.3) is 0 Å². The van der Waals surface area contributed by atoms with E-state index in [0.29, 0.717) is 6.54 Å². The molecule has 1 N–H and O–H groups in total. The quantitative estimate of drug-likeness (QED) is 0.735. The van der Waals surface area contributed by atoms with E-state index in [1.54, 1.807) is 18.7 Å². The second-order valence-electron chi connectivity index (χ2n) is 4.89. The maximum absolute atomic E-state index is 12.0. The molecule has 15 heavy (non-hydrogen) atoms. The molecule has 1 atom stereocenters. The smallest absolute Gasteiger partial charge is 0.248 e. The number of nitrogens with one attached hydrogen (secondary N) is 1. The van der Waals surface area contributed by atoms with Crippen molar-refractivity contribution in [1.82, 2.24) is 10.2 Å². The monoisotopic (exact) mass is 212 g/mol. The van der Waals surface area contributed by atoms with Crippen molar-refractivity contribution in [3.05, 3.63) is 0 Å². The Morgan fingerprint density at radius 3 is 2.33 bits per heavy atom. The number of carbonyl (C=O) groups excluding carboxylic acids is 2. The van der Waals surface area contributed by atoms with Gasteiger partial charge in [0.15, 0.2) is 0 Å². The normalized spacial score (nSPS) is 25.7. The number of hydrogen-bond acceptors (Lipinski definition) is 2. The van der Waals surface area contributed by atoms with Gasteiger partial charge in [-0.3, -0.25) is 9.59 Å². The number of hydrogen-bond donors (Lipinski definition) is 1. The lowest BCUT2D eigenvalue weighted by Gasteiger charge is -2.43. The molecular weight excluding hydrogens is 192 g/mol. The number of amides is 2. The first-order valence-corrected chi connectivity index (χ1v) is 5.44. The summed E-state index contributed by atoms with van der Waals surface area (Å²) in [6.07, 6.45) is 0. The zero-order valence-corrected chi connectivity index (χ0v) is 10.1. The lowest BCUT2D eigenvalue weighted by molar-refractivity contribution is -0.155. The molecule has 2 amide bonds. The third-order valence-corrected chi connectivity index (χ3v) is 2.81. The van der Waals surface area contributed by atoms with Gasteiger partial charge in [0.05, 0.1) is 0 Å². The Hall–Kier alpha value is -1.06. The van der Waals surface area contributed by atoms with Crippen LogP contribution in [0, 0.1) is 5.92 Å². The minimum atomic E-state index is -0.765. The van der Waals surface area contributed by atoms with Gasteiger partial charge in [-0.05, 0) is 26.7 Å². The Balaban J connectivity index is 3.03. The Morgan fingerprint density at radius 2 is 1.93 bits per heavy atom. The number of likely N-dealkylation sites (N-methyl/N-ethyl adjacent to an activating group) is 1. The van der Waals surface area contributed by atoms with Crippen LogP contribution in [0.2, 0.25) is 0 Å². The molecule has 1 unspecified atom stereocenters. The summed E-state index contributed by atoms with van der Waals surface area (Å²) in [5.74, 6) is 0.102. The molecule has 0 aromatic rings. The minimum Gasteiger partial charge on any atom is -0.340 e. The molecule has 1 aliphatic rings. The standard InChI is InChI=1S/C11H20N2O2/c1-6-13-8(7(2)3)9(14)12-11(4,5)10(13)15/h7-8H,6H2,1-5H3,(H,12,14). The van der Waals surface area contributed by atoms with Crippen LogP contribution in [0.3, 0.4) is 0 Å². The molecule has 0 aliphatic carbocycles. The first-order chi connectivity index (χ1) is 6.81. The highest BCUT2D eigenvalue weighted by atomic mass is 16.2. The van der Waals surface area contributed by atoms with E-state index in [1.165, 1.54) is 0 Å². The second kappa shape index (κ2) is 3.83. The van der Waals surface area contributed by atoms with Crippen LogP contribution < -0.4 is 5.32 Å². The summed E-state index contributed by atoms with van der Waals surface area (Å²) in [4.78, 5) is 25.6. The molecule has 1 heterocycles. The van der Waals surface area contributed by atoms with Gasteiger partial charge in [-0.25, -0.2) is 0 Å². The van der Waals surface area contributed by atoms with E-state index >= 15 is 0 Å². The van der Waals surface area contributed by atoms with Gasteiger partial charge in [-0.15, -0.1) is 0 Å². The molecule has 0 radical (unpaired) electrons. The third kappa shape index (κ3) is 1.98. The Bertz CT molecular complexity index is 284. The van der Waals surface area contributed by atoms with Gasteiger partial charge in [0.1, 0.15) is 11.6 Å². The number of nitrogens with zero attached hydrogens (tertiary/aromatic N) is 1. The molecule has 86 valence electrons. The molecule has 4 heteroatoms. The first-order valence-electron chi connectivity index (χ1n) is 5.44. The van der Waals surface area contributed by atoms with Crippen molar-refractivity contribution in [3.8, 4) is 0 Å². The average Bonchev–Trinajstić information content (AvgIpc) is 2.09. The van der Waals surface area contributed by atoms with E-state index in [-0.39, 0.29) is 23.8 Å². The van der Waals surface area contributed by atoms with Crippen LogP contribution in [0.4, 0.5) is 0 Å². The lowest BCUT2D eigenvalue weighted by atomic mass is 9.92. The van der Waals surface area contributed by atoms with Gasteiger partial charge in [0, 0.05) is 6.54 Å². The lowest BCUT2D eigenvalue weighted by Crippen LogP contribution is -2.69.